The van der Waals surface area contributed by atoms with E-state index in [1.807, 2.05) is 0 Å². The molecule has 4 atom stereocenters. The highest BCUT2D eigenvalue weighted by atomic mass is 32.2. The van der Waals surface area contributed by atoms with E-state index >= 15 is 0 Å². The van der Waals surface area contributed by atoms with E-state index in [9.17, 15) is 44.8 Å². The predicted octanol–water partition coefficient (Wildman–Crippen LogP) is 1.53. The summed E-state index contributed by atoms with van der Waals surface area (Å²) in [6, 6.07) is 10.7. The summed E-state index contributed by atoms with van der Waals surface area (Å²) in [6.45, 7) is 1.50. The van der Waals surface area contributed by atoms with Gasteiger partial charge < -0.3 is 24.6 Å². The van der Waals surface area contributed by atoms with E-state index in [-0.39, 0.29) is 42.4 Å². The van der Waals surface area contributed by atoms with Crippen molar-refractivity contribution in [1.82, 2.24) is 10.2 Å². The van der Waals surface area contributed by atoms with E-state index in [0.29, 0.717) is 16.0 Å². The first-order valence-corrected chi connectivity index (χ1v) is 14.0. The molecule has 0 aliphatic carbocycles. The smallest absolute Gasteiger partial charge is 0.412 e. The van der Waals surface area contributed by atoms with E-state index in [0.717, 1.165) is 23.0 Å². The van der Waals surface area contributed by atoms with Crippen LogP contribution < -0.4 is 10.4 Å². The number of alkyl carbamates (subject to hydrolysis) is 1. The predicted molar refractivity (Wildman–Crippen MR) is 150 cm³/mol. The number of non-ortho nitro benzene ring substituents is 2. The fraction of sp³-hybridized carbons (Fsp3) is 0.333. The molecule has 2 aliphatic heterocycles. The lowest BCUT2D eigenvalue weighted by Gasteiger charge is -2.47. The second-order valence-corrected chi connectivity index (χ2v) is 10.9. The van der Waals surface area contributed by atoms with E-state index in [4.69, 9.17) is 4.74 Å². The molecule has 2 N–H and O–H groups in total. The number of β-lactam (4-membered cyclic amide) rings is 1. The Balaban J connectivity index is 1.37. The highest BCUT2D eigenvalue weighted by Crippen LogP contribution is 2.51. The van der Waals surface area contributed by atoms with Gasteiger partial charge >= 0.3 is 6.09 Å². The molecule has 1 saturated heterocycles. The van der Waals surface area contributed by atoms with Gasteiger partial charge in [-0.25, -0.2) is 4.79 Å². The molecular formula is C27H26N5O10S-. The summed E-state index contributed by atoms with van der Waals surface area (Å²) < 4.78 is 5.03. The van der Waals surface area contributed by atoms with Crippen LogP contribution in [0.15, 0.2) is 64.1 Å². The zero-order valence-corrected chi connectivity index (χ0v) is 23.5. The van der Waals surface area contributed by atoms with Crippen LogP contribution in [0.25, 0.3) is 0 Å². The van der Waals surface area contributed by atoms with E-state index in [2.05, 4.69) is 10.3 Å². The summed E-state index contributed by atoms with van der Waals surface area (Å²) in [4.78, 5) is 63.1. The lowest BCUT2D eigenvalue weighted by molar-refractivity contribution is -0.385. The molecule has 16 heteroatoms. The molecule has 226 valence electrons. The van der Waals surface area contributed by atoms with Gasteiger partial charge in [-0.2, -0.15) is 0 Å². The molecule has 0 radical (unpaired) electrons. The first-order chi connectivity index (χ1) is 20.5. The zero-order chi connectivity index (χ0) is 31.3. The number of hydrogen-bond acceptors (Lipinski definition) is 12. The van der Waals surface area contributed by atoms with E-state index in [1.54, 1.807) is 12.1 Å². The number of aliphatic hydroxyl groups is 1. The summed E-state index contributed by atoms with van der Waals surface area (Å²) in [5.41, 5.74) is 0.786. The Morgan fingerprint density at radius 3 is 2.21 bits per heavy atom. The number of aliphatic imine (C=N–C) groups is 1. The lowest BCUT2D eigenvalue weighted by Crippen LogP contribution is -2.64. The molecular weight excluding hydrogens is 586 g/mol. The van der Waals surface area contributed by atoms with E-state index < -0.39 is 51.8 Å². The fourth-order valence-electron chi connectivity index (χ4n) is 5.03. The van der Waals surface area contributed by atoms with Gasteiger partial charge in [0, 0.05) is 40.8 Å². The van der Waals surface area contributed by atoms with Crippen LogP contribution in [0.1, 0.15) is 18.1 Å². The number of nitrogens with zero attached hydrogens (tertiary/aromatic N) is 4. The third-order valence-electron chi connectivity index (χ3n) is 7.00. The average Bonchev–Trinajstić information content (AvgIpc) is 3.23. The molecule has 2 aromatic rings. The highest BCUT2D eigenvalue weighted by molar-refractivity contribution is 8.03. The zero-order valence-electron chi connectivity index (χ0n) is 22.7. The number of aliphatic hydroxyl groups excluding tert-OH is 1. The number of carbonyl (C=O) groups is 3. The lowest BCUT2D eigenvalue weighted by atomic mass is 9.76. The first-order valence-electron chi connectivity index (χ1n) is 13.0. The Bertz CT molecular complexity index is 1480. The number of ether oxygens (including phenoxy) is 1. The maximum atomic E-state index is 12.8. The van der Waals surface area contributed by atoms with Crippen LogP contribution >= 0.6 is 11.8 Å². The van der Waals surface area contributed by atoms with Gasteiger partial charge in [-0.15, -0.1) is 11.8 Å². The summed E-state index contributed by atoms with van der Waals surface area (Å²) in [6.07, 6.45) is -0.435. The standard InChI is InChI=1S/C27H27N5O10S/c1-15(33)21-22-20(12-16-2-6-18(7-3-16)31(38)39)24(23(26(35)36)30(22)25(21)34)43-11-10-28-14-29-27(37)42-13-17-4-8-19(9-5-17)32(40)41/h2-9,14-15,20-22,33H,10-13H2,1H3,(H,35,36)(H,28,29,37)/p-1/t15-,20?,21?,22+/m1/s1. The molecule has 0 bridgehead atoms. The van der Waals surface area contributed by atoms with Crippen molar-refractivity contribution in [1.29, 1.82) is 0 Å². The SMILES string of the molecule is C[C@@H](O)C1C(=O)N2C(C(=O)[O-])=C(SCCN=CNC(=O)OCc3ccc([N+](=O)[O-])cc3)C(Cc3ccc([N+](=O)[O-])cc3)[C@@H]12. The Hall–Kier alpha value is -4.83. The van der Waals surface area contributed by atoms with Crippen LogP contribution in [0, 0.1) is 32.1 Å². The largest absolute Gasteiger partial charge is 0.543 e. The molecule has 2 heterocycles. The van der Waals surface area contributed by atoms with E-state index in [1.165, 1.54) is 43.3 Å². The normalized spacial score (nSPS) is 20.0. The van der Waals surface area contributed by atoms with Crippen LogP contribution in [-0.4, -0.2) is 68.6 Å². The van der Waals surface area contributed by atoms with Gasteiger partial charge in [0.25, 0.3) is 11.4 Å². The molecule has 0 spiro atoms. The molecule has 0 aromatic heterocycles. The maximum Gasteiger partial charge on any atom is 0.412 e. The van der Waals surface area contributed by atoms with Crippen molar-refractivity contribution in [2.24, 2.45) is 16.8 Å². The van der Waals surface area contributed by atoms with Crippen LogP contribution in [0.3, 0.4) is 0 Å². The number of nitrogens with one attached hydrogen (secondary N) is 1. The van der Waals surface area contributed by atoms with Crippen LogP contribution in [0.5, 0.6) is 0 Å². The monoisotopic (exact) mass is 612 g/mol. The molecule has 4 rings (SSSR count). The number of nitro groups is 2. The number of amides is 2. The molecule has 2 unspecified atom stereocenters. The summed E-state index contributed by atoms with van der Waals surface area (Å²) in [5, 5.41) is 46.4. The minimum Gasteiger partial charge on any atom is -0.543 e. The Morgan fingerprint density at radius 2 is 1.67 bits per heavy atom. The quantitative estimate of drug-likeness (QED) is 0.0825. The fourth-order valence-corrected chi connectivity index (χ4v) is 6.21. The van der Waals surface area contributed by atoms with Crippen molar-refractivity contribution < 1.29 is 39.2 Å². The number of fused-ring (bicyclic) bond motifs is 1. The van der Waals surface area contributed by atoms with Crippen molar-refractivity contribution in [3.05, 3.63) is 90.5 Å². The molecule has 2 aliphatic rings. The Kier molecular flexibility index (Phi) is 9.72. The van der Waals surface area contributed by atoms with Gasteiger partial charge in [0.15, 0.2) is 0 Å². The van der Waals surface area contributed by atoms with Gasteiger partial charge in [-0.1, -0.05) is 12.1 Å². The third-order valence-corrected chi connectivity index (χ3v) is 8.19. The van der Waals surface area contributed by atoms with Crippen molar-refractivity contribution in [2.75, 3.05) is 12.3 Å². The highest BCUT2D eigenvalue weighted by Gasteiger charge is 2.59. The molecule has 2 aromatic carbocycles. The minimum absolute atomic E-state index is 0.0878. The number of hydrogen-bond donors (Lipinski definition) is 2. The Labute approximate surface area is 248 Å². The first kappa shape index (κ1) is 31.1. The van der Waals surface area contributed by atoms with Gasteiger partial charge in [0.2, 0.25) is 5.91 Å². The number of carbonyl (C=O) groups excluding carboxylic acids is 3. The number of nitro benzene ring substituents is 2. The van der Waals surface area contributed by atoms with Crippen LogP contribution in [-0.2, 0) is 27.4 Å². The second kappa shape index (κ2) is 13.4. The molecule has 15 nitrogen and oxygen atoms in total. The van der Waals surface area contributed by atoms with Crippen LogP contribution in [0.2, 0.25) is 0 Å². The molecule has 0 saturated carbocycles. The molecule has 1 fully saturated rings. The maximum absolute atomic E-state index is 12.8. The number of thioether (sulfide) groups is 1. The minimum atomic E-state index is -1.53. The number of carboxylic acids is 1. The van der Waals surface area contributed by atoms with Crippen molar-refractivity contribution in [3.63, 3.8) is 0 Å². The second-order valence-electron chi connectivity index (χ2n) is 9.73. The third kappa shape index (κ3) is 6.98. The summed E-state index contributed by atoms with van der Waals surface area (Å²) in [7, 11) is 0. The van der Waals surface area contributed by atoms with Gasteiger partial charge in [-0.05, 0) is 36.6 Å². The Morgan fingerprint density at radius 1 is 1.09 bits per heavy atom. The van der Waals surface area contributed by atoms with Crippen molar-refractivity contribution >= 4 is 47.4 Å². The van der Waals surface area contributed by atoms with Gasteiger partial charge in [0.05, 0.1) is 52.5 Å². The summed E-state index contributed by atoms with van der Waals surface area (Å²) in [5.74, 6) is -3.09. The number of carboxylic acid groups (broad SMARTS) is 1. The van der Waals surface area contributed by atoms with Gasteiger partial charge in [0.1, 0.15) is 6.61 Å². The number of aliphatic carboxylic acids is 1. The topological polar surface area (TPSA) is 218 Å². The number of rotatable bonds is 13. The molecule has 43 heavy (non-hydrogen) atoms. The van der Waals surface area contributed by atoms with Crippen LogP contribution in [0.4, 0.5) is 16.2 Å². The van der Waals surface area contributed by atoms with Gasteiger partial charge in [-0.3, -0.25) is 35.3 Å². The molecule has 2 amide bonds. The van der Waals surface area contributed by atoms with Crippen molar-refractivity contribution in [2.45, 2.75) is 32.1 Å². The average molecular weight is 613 g/mol. The number of benzene rings is 2. The summed E-state index contributed by atoms with van der Waals surface area (Å²) >= 11 is 1.16. The van der Waals surface area contributed by atoms with Crippen molar-refractivity contribution in [3.8, 4) is 0 Å².